The third-order valence-electron chi connectivity index (χ3n) is 4.54. The van der Waals surface area contributed by atoms with E-state index in [2.05, 4.69) is 41.3 Å². The van der Waals surface area contributed by atoms with Crippen LogP contribution in [0, 0.1) is 0 Å². The number of rotatable bonds is 3. The molecule has 4 N–H and O–H groups in total. The van der Waals surface area contributed by atoms with Gasteiger partial charge in [0.25, 0.3) is 0 Å². The van der Waals surface area contributed by atoms with Crippen LogP contribution in [0.15, 0.2) is 36.7 Å². The maximum Gasteiger partial charge on any atom is 0.402 e. The summed E-state index contributed by atoms with van der Waals surface area (Å²) in [6, 6.07) is 8.03. The molecular formula is C18H19N9O2. The van der Waals surface area contributed by atoms with Crippen molar-refractivity contribution in [2.24, 2.45) is 5.73 Å². The van der Waals surface area contributed by atoms with E-state index in [4.69, 9.17) is 9.90 Å². The van der Waals surface area contributed by atoms with Gasteiger partial charge in [-0.25, -0.2) is 14.8 Å². The largest absolute Gasteiger partial charge is 0.465 e. The van der Waals surface area contributed by atoms with Crippen molar-refractivity contribution in [3.05, 3.63) is 36.7 Å². The van der Waals surface area contributed by atoms with Gasteiger partial charge in [0.05, 0.1) is 17.2 Å². The molecule has 11 nitrogen and oxygen atoms in total. The van der Waals surface area contributed by atoms with Crippen molar-refractivity contribution in [1.29, 1.82) is 0 Å². The van der Waals surface area contributed by atoms with Gasteiger partial charge >= 0.3 is 6.09 Å². The molecule has 0 aliphatic heterocycles. The van der Waals surface area contributed by atoms with Crippen LogP contribution >= 0.6 is 0 Å². The highest BCUT2D eigenvalue weighted by molar-refractivity contribution is 5.76. The van der Waals surface area contributed by atoms with Crippen LogP contribution in [0.4, 0.5) is 10.7 Å². The Hall–Kier alpha value is -3.89. The number of pyridine rings is 2. The molecule has 1 aliphatic carbocycles. The maximum atomic E-state index is 8.78. The molecule has 0 saturated heterocycles. The van der Waals surface area contributed by atoms with Gasteiger partial charge in [-0.05, 0) is 37.1 Å². The lowest BCUT2D eigenvalue weighted by atomic mass is 10.2. The predicted molar refractivity (Wildman–Crippen MR) is 106 cm³/mol. The molecule has 29 heavy (non-hydrogen) atoms. The number of anilines is 1. The van der Waals surface area contributed by atoms with Crippen molar-refractivity contribution in [2.75, 3.05) is 5.32 Å². The summed E-state index contributed by atoms with van der Waals surface area (Å²) in [5.74, 6) is 1.28. The lowest BCUT2D eigenvalue weighted by Gasteiger charge is -2.11. The molecule has 11 heteroatoms. The van der Waals surface area contributed by atoms with Crippen LogP contribution in [-0.2, 0) is 0 Å². The van der Waals surface area contributed by atoms with E-state index < -0.39 is 6.09 Å². The molecule has 148 valence electrons. The molecule has 4 aromatic heterocycles. The number of carboxylic acid groups (broad SMARTS) is 1. The highest BCUT2D eigenvalue weighted by atomic mass is 16.4. The number of nitrogens with two attached hydrogens (primary N) is 1. The van der Waals surface area contributed by atoms with Crippen LogP contribution in [0.1, 0.15) is 25.7 Å². The molecule has 1 amide bonds. The van der Waals surface area contributed by atoms with Crippen molar-refractivity contribution >= 4 is 34.2 Å². The molecule has 0 unspecified atom stereocenters. The standard InChI is InChI=1S/C17H16N8.CH3NO2/c1-2-5-11(4-1)20-17-19-10-14-16(22-17)25(24-23-14)15-8-7-12-13(21-15)6-3-9-18-12;2-1(3)4/h3,6-11H,1-2,4-5H2,(H,19,20,22);2H2,(H,3,4). The second-order valence-corrected chi connectivity index (χ2v) is 6.58. The van der Waals surface area contributed by atoms with Gasteiger partial charge in [0.2, 0.25) is 5.95 Å². The first-order valence-electron chi connectivity index (χ1n) is 9.16. The fourth-order valence-electron chi connectivity index (χ4n) is 3.27. The smallest absolute Gasteiger partial charge is 0.402 e. The van der Waals surface area contributed by atoms with Gasteiger partial charge < -0.3 is 16.2 Å². The summed E-state index contributed by atoms with van der Waals surface area (Å²) >= 11 is 0. The number of aromatic nitrogens is 7. The zero-order valence-electron chi connectivity index (χ0n) is 15.4. The SMILES string of the molecule is NC(=O)O.c1cnc2ccc(-n3nnc4cnc(NC5CCCC5)nc43)nc2c1. The minimum Gasteiger partial charge on any atom is -0.465 e. The minimum absolute atomic E-state index is 0.451. The number of hydrogen-bond acceptors (Lipinski definition) is 8. The van der Waals surface area contributed by atoms with E-state index in [1.165, 1.54) is 12.8 Å². The molecule has 1 aliphatic rings. The fourth-order valence-corrected chi connectivity index (χ4v) is 3.27. The quantitative estimate of drug-likeness (QED) is 0.474. The third kappa shape index (κ3) is 4.18. The number of primary amides is 1. The van der Waals surface area contributed by atoms with Crippen molar-refractivity contribution in [2.45, 2.75) is 31.7 Å². The number of carbonyl (C=O) groups is 1. The van der Waals surface area contributed by atoms with Crippen molar-refractivity contribution in [1.82, 2.24) is 34.9 Å². The molecule has 0 atom stereocenters. The Balaban J connectivity index is 0.000000472. The number of amides is 1. The summed E-state index contributed by atoms with van der Waals surface area (Å²) in [5.41, 5.74) is 6.96. The van der Waals surface area contributed by atoms with Gasteiger partial charge in [-0.2, -0.15) is 9.67 Å². The van der Waals surface area contributed by atoms with E-state index in [0.717, 1.165) is 23.9 Å². The first kappa shape index (κ1) is 18.5. The Labute approximate surface area is 165 Å². The lowest BCUT2D eigenvalue weighted by Crippen LogP contribution is -2.16. The molecule has 0 radical (unpaired) electrons. The van der Waals surface area contributed by atoms with E-state index >= 15 is 0 Å². The molecule has 0 aromatic carbocycles. The Kier molecular flexibility index (Phi) is 5.10. The average Bonchev–Trinajstić information content (AvgIpc) is 3.37. The Morgan fingerprint density at radius 3 is 2.69 bits per heavy atom. The van der Waals surface area contributed by atoms with Crippen LogP contribution in [0.2, 0.25) is 0 Å². The summed E-state index contributed by atoms with van der Waals surface area (Å²) in [6.07, 6.45) is 6.97. The summed E-state index contributed by atoms with van der Waals surface area (Å²) < 4.78 is 1.64. The van der Waals surface area contributed by atoms with Gasteiger partial charge in [-0.1, -0.05) is 18.1 Å². The molecule has 4 heterocycles. The van der Waals surface area contributed by atoms with Crippen LogP contribution in [0.25, 0.3) is 28.0 Å². The zero-order valence-corrected chi connectivity index (χ0v) is 15.4. The van der Waals surface area contributed by atoms with Crippen LogP contribution in [-0.4, -0.2) is 52.2 Å². The first-order chi connectivity index (χ1) is 14.1. The summed E-state index contributed by atoms with van der Waals surface area (Å²) in [5, 5.41) is 19.0. The summed E-state index contributed by atoms with van der Waals surface area (Å²) in [6.45, 7) is 0. The number of hydrogen-bond donors (Lipinski definition) is 3. The highest BCUT2D eigenvalue weighted by Crippen LogP contribution is 2.22. The van der Waals surface area contributed by atoms with E-state index in [1.807, 2.05) is 24.3 Å². The van der Waals surface area contributed by atoms with E-state index in [9.17, 15) is 0 Å². The van der Waals surface area contributed by atoms with Gasteiger partial charge in [-0.15, -0.1) is 5.10 Å². The van der Waals surface area contributed by atoms with Gasteiger partial charge in [0.15, 0.2) is 17.0 Å². The topological polar surface area (TPSA) is 158 Å². The van der Waals surface area contributed by atoms with Gasteiger partial charge in [0.1, 0.15) is 0 Å². The highest BCUT2D eigenvalue weighted by Gasteiger charge is 2.17. The maximum absolute atomic E-state index is 8.78. The molecule has 1 fully saturated rings. The average molecular weight is 393 g/mol. The number of nitrogens with zero attached hydrogens (tertiary/aromatic N) is 7. The van der Waals surface area contributed by atoms with E-state index in [1.54, 1.807) is 17.1 Å². The molecule has 0 bridgehead atoms. The summed E-state index contributed by atoms with van der Waals surface area (Å²) in [4.78, 5) is 26.7. The monoisotopic (exact) mass is 393 g/mol. The fraction of sp³-hybridized carbons (Fsp3) is 0.278. The van der Waals surface area contributed by atoms with E-state index in [-0.39, 0.29) is 0 Å². The van der Waals surface area contributed by atoms with Crippen molar-refractivity contribution in [3.8, 4) is 5.82 Å². The van der Waals surface area contributed by atoms with Gasteiger partial charge in [0, 0.05) is 12.2 Å². The molecule has 0 spiro atoms. The molecule has 1 saturated carbocycles. The Morgan fingerprint density at radius 2 is 1.90 bits per heavy atom. The Bertz CT molecular complexity index is 1150. The summed E-state index contributed by atoms with van der Waals surface area (Å²) in [7, 11) is 0. The normalized spacial score (nSPS) is 13.9. The van der Waals surface area contributed by atoms with Crippen LogP contribution in [0.3, 0.4) is 0 Å². The lowest BCUT2D eigenvalue weighted by molar-refractivity contribution is 0.205. The minimum atomic E-state index is -1.33. The third-order valence-corrected chi connectivity index (χ3v) is 4.54. The molecule has 4 aromatic rings. The second kappa shape index (κ2) is 8.00. The number of fused-ring (bicyclic) bond motifs is 2. The Morgan fingerprint density at radius 1 is 1.10 bits per heavy atom. The van der Waals surface area contributed by atoms with E-state index in [0.29, 0.717) is 29.0 Å². The molecule has 5 rings (SSSR count). The molecular weight excluding hydrogens is 374 g/mol. The number of nitrogens with one attached hydrogen (secondary N) is 1. The van der Waals surface area contributed by atoms with Crippen molar-refractivity contribution in [3.63, 3.8) is 0 Å². The van der Waals surface area contributed by atoms with Crippen LogP contribution < -0.4 is 11.1 Å². The second-order valence-electron chi connectivity index (χ2n) is 6.58. The first-order valence-corrected chi connectivity index (χ1v) is 9.16. The van der Waals surface area contributed by atoms with Crippen molar-refractivity contribution < 1.29 is 9.90 Å². The predicted octanol–water partition coefficient (Wildman–Crippen LogP) is 2.13. The van der Waals surface area contributed by atoms with Crippen LogP contribution in [0.5, 0.6) is 0 Å². The zero-order chi connectivity index (χ0) is 20.2. The van der Waals surface area contributed by atoms with Gasteiger partial charge in [-0.3, -0.25) is 4.98 Å².